The Morgan fingerprint density at radius 2 is 1.76 bits per heavy atom. The van der Waals surface area contributed by atoms with Crippen LogP contribution in [0.3, 0.4) is 0 Å². The van der Waals surface area contributed by atoms with Gasteiger partial charge in [0, 0.05) is 12.6 Å². The van der Waals surface area contributed by atoms with Crippen LogP contribution in [0, 0.1) is 5.82 Å². The zero-order valence-corrected chi connectivity index (χ0v) is 19.2. The van der Waals surface area contributed by atoms with Gasteiger partial charge in [-0.1, -0.05) is 18.2 Å². The average molecular weight is 487 g/mol. The second-order valence-electron chi connectivity index (χ2n) is 7.42. The van der Waals surface area contributed by atoms with Gasteiger partial charge in [0.1, 0.15) is 31.3 Å². The fourth-order valence-corrected chi connectivity index (χ4v) is 4.82. The van der Waals surface area contributed by atoms with Crippen molar-refractivity contribution in [3.05, 3.63) is 78.1 Å². The molecule has 0 bridgehead atoms. The Hall–Kier alpha value is -3.79. The van der Waals surface area contributed by atoms with Gasteiger partial charge < -0.3 is 19.5 Å². The molecule has 0 aliphatic carbocycles. The van der Waals surface area contributed by atoms with Crippen LogP contribution in [0.1, 0.15) is 5.56 Å². The van der Waals surface area contributed by atoms with Gasteiger partial charge in [0.15, 0.2) is 11.5 Å². The summed E-state index contributed by atoms with van der Waals surface area (Å²) in [6.45, 7) is 0.293. The molecule has 0 saturated heterocycles. The zero-order chi connectivity index (χ0) is 24.1. The van der Waals surface area contributed by atoms with E-state index in [4.69, 9.17) is 14.2 Å². The van der Waals surface area contributed by atoms with Crippen LogP contribution in [0.15, 0.2) is 71.6 Å². The van der Waals surface area contributed by atoms with Crippen LogP contribution in [0.2, 0.25) is 0 Å². The lowest BCUT2D eigenvalue weighted by Crippen LogP contribution is -2.40. The maximum absolute atomic E-state index is 13.9. The molecule has 1 N–H and O–H groups in total. The summed E-state index contributed by atoms with van der Waals surface area (Å²) in [7, 11) is -2.68. The Balaban J connectivity index is 1.58. The van der Waals surface area contributed by atoms with E-state index in [1.54, 1.807) is 31.4 Å². The van der Waals surface area contributed by atoms with Crippen molar-refractivity contribution in [2.24, 2.45) is 0 Å². The summed E-state index contributed by atoms with van der Waals surface area (Å²) in [4.78, 5) is 12.6. The molecule has 178 valence electrons. The van der Waals surface area contributed by atoms with Gasteiger partial charge in [0.2, 0.25) is 5.91 Å². The van der Waals surface area contributed by atoms with Crippen LogP contribution in [0.4, 0.5) is 10.1 Å². The van der Waals surface area contributed by atoms with E-state index in [9.17, 15) is 17.6 Å². The van der Waals surface area contributed by atoms with E-state index in [-0.39, 0.29) is 29.5 Å². The van der Waals surface area contributed by atoms with Crippen molar-refractivity contribution in [3.63, 3.8) is 0 Å². The predicted octanol–water partition coefficient (Wildman–Crippen LogP) is 3.12. The SMILES string of the molecule is COc1ccc(CNC(=O)CN(c2cccc(F)c2)S(=O)(=O)c2ccc3c(c2)OCCO3)cc1. The number of nitrogens with zero attached hydrogens (tertiary/aromatic N) is 1. The van der Waals surface area contributed by atoms with Crippen LogP contribution in [-0.4, -0.2) is 41.2 Å². The number of nitrogens with one attached hydrogen (secondary N) is 1. The number of anilines is 1. The van der Waals surface area contributed by atoms with Gasteiger partial charge in [0.05, 0.1) is 17.7 Å². The highest BCUT2D eigenvalue weighted by Gasteiger charge is 2.29. The van der Waals surface area contributed by atoms with Crippen molar-refractivity contribution >= 4 is 21.6 Å². The van der Waals surface area contributed by atoms with Crippen LogP contribution >= 0.6 is 0 Å². The number of halogens is 1. The summed E-state index contributed by atoms with van der Waals surface area (Å²) in [6, 6.07) is 16.4. The topological polar surface area (TPSA) is 94.2 Å². The Morgan fingerprint density at radius 1 is 1.03 bits per heavy atom. The van der Waals surface area contributed by atoms with Gasteiger partial charge in [-0.3, -0.25) is 9.10 Å². The number of hydrogen-bond donors (Lipinski definition) is 1. The van der Waals surface area contributed by atoms with E-state index >= 15 is 0 Å². The summed E-state index contributed by atoms with van der Waals surface area (Å²) in [6.07, 6.45) is 0. The first-order valence-corrected chi connectivity index (χ1v) is 11.9. The lowest BCUT2D eigenvalue weighted by molar-refractivity contribution is -0.119. The third kappa shape index (κ3) is 5.23. The monoisotopic (exact) mass is 486 g/mol. The molecule has 1 aliphatic rings. The third-order valence-corrected chi connectivity index (χ3v) is 6.90. The van der Waals surface area contributed by atoms with Crippen LogP contribution < -0.4 is 23.8 Å². The quantitative estimate of drug-likeness (QED) is 0.526. The van der Waals surface area contributed by atoms with Gasteiger partial charge in [-0.2, -0.15) is 0 Å². The first kappa shape index (κ1) is 23.4. The summed E-state index contributed by atoms with van der Waals surface area (Å²) in [5, 5.41) is 2.70. The second kappa shape index (κ2) is 10.0. The minimum absolute atomic E-state index is 0.0227. The molecule has 0 fully saturated rings. The smallest absolute Gasteiger partial charge is 0.264 e. The maximum Gasteiger partial charge on any atom is 0.264 e. The zero-order valence-electron chi connectivity index (χ0n) is 18.4. The molecule has 1 aliphatic heterocycles. The minimum atomic E-state index is -4.24. The Kier molecular flexibility index (Phi) is 6.87. The highest BCUT2D eigenvalue weighted by atomic mass is 32.2. The van der Waals surface area contributed by atoms with Crippen LogP contribution in [0.5, 0.6) is 17.2 Å². The molecule has 3 aromatic carbocycles. The molecule has 3 aromatic rings. The molecule has 0 spiro atoms. The van der Waals surface area contributed by atoms with Gasteiger partial charge in [-0.25, -0.2) is 12.8 Å². The van der Waals surface area contributed by atoms with E-state index in [2.05, 4.69) is 5.32 Å². The fraction of sp³-hybridized carbons (Fsp3) is 0.208. The average Bonchev–Trinajstić information content (AvgIpc) is 2.86. The highest BCUT2D eigenvalue weighted by Crippen LogP contribution is 2.34. The summed E-state index contributed by atoms with van der Waals surface area (Å²) in [5.74, 6) is 0.216. The van der Waals surface area contributed by atoms with Crippen molar-refractivity contribution in [3.8, 4) is 17.2 Å². The molecule has 34 heavy (non-hydrogen) atoms. The van der Waals surface area contributed by atoms with Gasteiger partial charge in [0.25, 0.3) is 10.0 Å². The fourth-order valence-electron chi connectivity index (χ4n) is 3.39. The Bertz CT molecular complexity index is 1280. The number of sulfonamides is 1. The number of carbonyl (C=O) groups is 1. The number of ether oxygens (including phenoxy) is 3. The molecule has 8 nitrogen and oxygen atoms in total. The number of amides is 1. The number of fused-ring (bicyclic) bond motifs is 1. The second-order valence-corrected chi connectivity index (χ2v) is 9.28. The summed E-state index contributed by atoms with van der Waals surface area (Å²) >= 11 is 0. The molecule has 4 rings (SSSR count). The molecule has 1 amide bonds. The highest BCUT2D eigenvalue weighted by molar-refractivity contribution is 7.92. The van der Waals surface area contributed by atoms with Gasteiger partial charge in [-0.05, 0) is 48.0 Å². The summed E-state index contributed by atoms with van der Waals surface area (Å²) < 4.78 is 57.9. The lowest BCUT2D eigenvalue weighted by Gasteiger charge is -2.25. The van der Waals surface area contributed by atoms with E-state index in [1.165, 1.54) is 36.4 Å². The number of methoxy groups -OCH3 is 1. The maximum atomic E-state index is 13.9. The van der Waals surface area contributed by atoms with Gasteiger partial charge >= 0.3 is 0 Å². The molecular formula is C24H23FN2O6S. The van der Waals surface area contributed by atoms with Crippen molar-refractivity contribution in [1.29, 1.82) is 0 Å². The standard InChI is InChI=1S/C24H23FN2O6S/c1-31-20-7-5-17(6-8-20)15-26-24(28)16-27(19-4-2-3-18(25)13-19)34(29,30)21-9-10-22-23(14-21)33-12-11-32-22/h2-10,13-14H,11-12,15-16H2,1H3,(H,26,28). The third-order valence-electron chi connectivity index (χ3n) is 5.13. The van der Waals surface area contributed by atoms with Crippen LogP contribution in [0.25, 0.3) is 0 Å². The molecule has 10 heteroatoms. The summed E-state index contributed by atoms with van der Waals surface area (Å²) in [5.41, 5.74) is 0.829. The molecule has 0 radical (unpaired) electrons. The number of rotatable bonds is 8. The first-order valence-electron chi connectivity index (χ1n) is 10.4. The van der Waals surface area contributed by atoms with Crippen molar-refractivity contribution in [1.82, 2.24) is 5.32 Å². The molecule has 0 saturated carbocycles. The van der Waals surface area contributed by atoms with E-state index < -0.39 is 28.3 Å². The van der Waals surface area contributed by atoms with E-state index in [0.29, 0.717) is 18.1 Å². The van der Waals surface area contributed by atoms with Crippen LogP contribution in [-0.2, 0) is 21.4 Å². The predicted molar refractivity (Wildman–Crippen MR) is 123 cm³/mol. The Morgan fingerprint density at radius 3 is 2.47 bits per heavy atom. The molecule has 0 atom stereocenters. The molecule has 0 unspecified atom stereocenters. The minimum Gasteiger partial charge on any atom is -0.497 e. The van der Waals surface area contributed by atoms with Gasteiger partial charge in [-0.15, -0.1) is 0 Å². The Labute approximate surface area is 196 Å². The van der Waals surface area contributed by atoms with Crippen molar-refractivity contribution < 1.29 is 31.8 Å². The number of benzene rings is 3. The molecule has 0 aromatic heterocycles. The van der Waals surface area contributed by atoms with Crippen molar-refractivity contribution in [2.75, 3.05) is 31.2 Å². The molecule has 1 heterocycles. The number of carbonyl (C=O) groups excluding carboxylic acids is 1. The first-order chi connectivity index (χ1) is 16.4. The van der Waals surface area contributed by atoms with E-state index in [0.717, 1.165) is 15.9 Å². The normalized spacial score (nSPS) is 12.6. The van der Waals surface area contributed by atoms with E-state index in [1.807, 2.05) is 0 Å². The number of hydrogen-bond acceptors (Lipinski definition) is 6. The van der Waals surface area contributed by atoms with Crippen molar-refractivity contribution in [2.45, 2.75) is 11.4 Å². The lowest BCUT2D eigenvalue weighted by atomic mass is 10.2. The molecular weight excluding hydrogens is 463 g/mol. The largest absolute Gasteiger partial charge is 0.497 e.